The second-order valence-electron chi connectivity index (χ2n) is 6.05. The van der Waals surface area contributed by atoms with Gasteiger partial charge in [0.15, 0.2) is 11.5 Å². The first-order chi connectivity index (χ1) is 12.8. The molecule has 0 saturated heterocycles. The van der Waals surface area contributed by atoms with Gasteiger partial charge >= 0.3 is 0 Å². The van der Waals surface area contributed by atoms with Crippen molar-refractivity contribution in [1.82, 2.24) is 5.32 Å². The fourth-order valence-corrected chi connectivity index (χ4v) is 3.48. The van der Waals surface area contributed by atoms with E-state index >= 15 is 0 Å². The Morgan fingerprint density at radius 2 is 1.93 bits per heavy atom. The van der Waals surface area contributed by atoms with E-state index in [-0.39, 0.29) is 12.5 Å². The molecule has 27 heavy (non-hydrogen) atoms. The number of rotatable bonds is 5. The molecule has 0 aliphatic carbocycles. The molecule has 9 heteroatoms. The molecule has 1 amide bonds. The molecule has 0 atom stereocenters. The number of hydrogen-bond donors (Lipinski definition) is 2. The number of anilines is 1. The molecule has 1 heterocycles. The monoisotopic (exact) mass is 410 g/mol. The second-order valence-corrected chi connectivity index (χ2v) is 8.21. The number of halogens is 1. The van der Waals surface area contributed by atoms with Gasteiger partial charge in [-0.3, -0.25) is 9.52 Å². The molecular weight excluding hydrogens is 392 g/mol. The molecule has 0 bridgehead atoms. The highest BCUT2D eigenvalue weighted by Gasteiger charge is 2.18. The van der Waals surface area contributed by atoms with Crippen molar-refractivity contribution in [3.8, 4) is 11.5 Å². The summed E-state index contributed by atoms with van der Waals surface area (Å²) in [5, 5.41) is 3.07. The number of ether oxygens (including phenoxy) is 2. The highest BCUT2D eigenvalue weighted by molar-refractivity contribution is 7.92. The standard InChI is InChI=1S/C18H19ClN2O5S/c1-27(23,24)21-15-6-3-2-5-12(15)11-20-18(22)13-9-14(19)17-16(10-13)25-7-4-8-26-17/h2-3,5-6,9-10,21H,4,7-8,11H2,1H3,(H,20,22). The number of hydrogen-bond acceptors (Lipinski definition) is 5. The highest BCUT2D eigenvalue weighted by Crippen LogP contribution is 2.38. The Balaban J connectivity index is 1.76. The normalized spacial score (nSPS) is 13.6. The number of carbonyl (C=O) groups is 1. The zero-order valence-electron chi connectivity index (χ0n) is 14.6. The van der Waals surface area contributed by atoms with Crippen molar-refractivity contribution in [2.45, 2.75) is 13.0 Å². The summed E-state index contributed by atoms with van der Waals surface area (Å²) in [7, 11) is -3.42. The lowest BCUT2D eigenvalue weighted by Crippen LogP contribution is -2.24. The van der Waals surface area contributed by atoms with Crippen LogP contribution in [-0.4, -0.2) is 33.8 Å². The number of amides is 1. The fourth-order valence-electron chi connectivity index (χ4n) is 2.61. The van der Waals surface area contributed by atoms with Crippen LogP contribution in [0.3, 0.4) is 0 Å². The molecule has 2 aromatic carbocycles. The van der Waals surface area contributed by atoms with E-state index in [1.165, 1.54) is 6.07 Å². The van der Waals surface area contributed by atoms with Crippen LogP contribution in [0.25, 0.3) is 0 Å². The van der Waals surface area contributed by atoms with Crippen molar-refractivity contribution in [3.63, 3.8) is 0 Å². The second kappa shape index (κ2) is 8.06. The van der Waals surface area contributed by atoms with Gasteiger partial charge in [0.1, 0.15) is 0 Å². The molecule has 2 aromatic rings. The number of fused-ring (bicyclic) bond motifs is 1. The molecule has 0 fully saturated rings. The molecule has 3 rings (SSSR count). The molecule has 1 aliphatic rings. The topological polar surface area (TPSA) is 93.7 Å². The lowest BCUT2D eigenvalue weighted by atomic mass is 10.1. The van der Waals surface area contributed by atoms with E-state index in [2.05, 4.69) is 10.0 Å². The quantitative estimate of drug-likeness (QED) is 0.790. The average molecular weight is 411 g/mol. The Kier molecular flexibility index (Phi) is 5.76. The van der Waals surface area contributed by atoms with Crippen LogP contribution in [0.5, 0.6) is 11.5 Å². The first-order valence-electron chi connectivity index (χ1n) is 8.26. The van der Waals surface area contributed by atoms with E-state index in [4.69, 9.17) is 21.1 Å². The zero-order valence-corrected chi connectivity index (χ0v) is 16.2. The van der Waals surface area contributed by atoms with Crippen LogP contribution >= 0.6 is 11.6 Å². The first-order valence-corrected chi connectivity index (χ1v) is 10.5. The Hall–Kier alpha value is -2.45. The Morgan fingerprint density at radius 3 is 2.70 bits per heavy atom. The molecule has 144 valence electrons. The molecule has 2 N–H and O–H groups in total. The van der Waals surface area contributed by atoms with Gasteiger partial charge in [0.2, 0.25) is 10.0 Å². The minimum absolute atomic E-state index is 0.142. The van der Waals surface area contributed by atoms with E-state index < -0.39 is 10.0 Å². The van der Waals surface area contributed by atoms with Crippen LogP contribution in [0.2, 0.25) is 5.02 Å². The summed E-state index contributed by atoms with van der Waals surface area (Å²) in [5.41, 5.74) is 1.38. The highest BCUT2D eigenvalue weighted by atomic mass is 35.5. The van der Waals surface area contributed by atoms with Crippen molar-refractivity contribution >= 4 is 33.2 Å². The predicted octanol–water partition coefficient (Wildman–Crippen LogP) is 2.80. The van der Waals surface area contributed by atoms with Gasteiger partial charge in [0.25, 0.3) is 5.91 Å². The Bertz CT molecular complexity index is 962. The number of benzene rings is 2. The molecule has 0 saturated carbocycles. The van der Waals surface area contributed by atoms with Crippen LogP contribution < -0.4 is 19.5 Å². The van der Waals surface area contributed by atoms with Gasteiger partial charge in [-0.2, -0.15) is 0 Å². The van der Waals surface area contributed by atoms with Crippen LogP contribution in [-0.2, 0) is 16.6 Å². The number of carbonyl (C=O) groups excluding carboxylic acids is 1. The third-order valence-corrected chi connectivity index (χ3v) is 4.69. The third kappa shape index (κ3) is 5.05. The van der Waals surface area contributed by atoms with Crippen LogP contribution in [0, 0.1) is 0 Å². The molecule has 1 aliphatic heterocycles. The van der Waals surface area contributed by atoms with Crippen molar-refractivity contribution in [1.29, 1.82) is 0 Å². The first kappa shape index (κ1) is 19.3. The van der Waals surface area contributed by atoms with Gasteiger partial charge in [0, 0.05) is 18.5 Å². The van der Waals surface area contributed by atoms with E-state index in [9.17, 15) is 13.2 Å². The van der Waals surface area contributed by atoms with Crippen LogP contribution in [0.1, 0.15) is 22.3 Å². The maximum Gasteiger partial charge on any atom is 0.251 e. The average Bonchev–Trinajstić information content (AvgIpc) is 2.85. The Labute approximate surface area is 162 Å². The van der Waals surface area contributed by atoms with E-state index in [1.807, 2.05) is 0 Å². The van der Waals surface area contributed by atoms with Gasteiger partial charge < -0.3 is 14.8 Å². The van der Waals surface area contributed by atoms with Crippen molar-refractivity contribution in [2.75, 3.05) is 24.2 Å². The lowest BCUT2D eigenvalue weighted by molar-refractivity contribution is 0.0950. The van der Waals surface area contributed by atoms with E-state index in [0.717, 1.165) is 12.7 Å². The van der Waals surface area contributed by atoms with Crippen molar-refractivity contribution in [2.24, 2.45) is 0 Å². The third-order valence-electron chi connectivity index (χ3n) is 3.82. The fraction of sp³-hybridized carbons (Fsp3) is 0.278. The van der Waals surface area contributed by atoms with Gasteiger partial charge in [-0.1, -0.05) is 29.8 Å². The summed E-state index contributed by atoms with van der Waals surface area (Å²) in [6.45, 7) is 1.13. The summed E-state index contributed by atoms with van der Waals surface area (Å²) in [6, 6.07) is 9.94. The van der Waals surface area contributed by atoms with Gasteiger partial charge in [0.05, 0.1) is 30.2 Å². The molecule has 0 spiro atoms. The lowest BCUT2D eigenvalue weighted by Gasteiger charge is -2.13. The van der Waals surface area contributed by atoms with E-state index in [1.54, 1.807) is 30.3 Å². The predicted molar refractivity (Wildman–Crippen MR) is 103 cm³/mol. The number of para-hydroxylation sites is 1. The molecule has 7 nitrogen and oxygen atoms in total. The van der Waals surface area contributed by atoms with Crippen molar-refractivity contribution in [3.05, 3.63) is 52.5 Å². The summed E-state index contributed by atoms with van der Waals surface area (Å²) in [4.78, 5) is 12.5. The Morgan fingerprint density at radius 1 is 1.19 bits per heavy atom. The molecule has 0 unspecified atom stereocenters. The largest absolute Gasteiger partial charge is 0.489 e. The maximum atomic E-state index is 12.5. The number of sulfonamides is 1. The summed E-state index contributed by atoms with van der Waals surface area (Å²) < 4.78 is 36.5. The van der Waals surface area contributed by atoms with Crippen LogP contribution in [0.4, 0.5) is 5.69 Å². The minimum atomic E-state index is -3.42. The van der Waals surface area contributed by atoms with E-state index in [0.29, 0.717) is 46.5 Å². The number of nitrogens with one attached hydrogen (secondary N) is 2. The summed E-state index contributed by atoms with van der Waals surface area (Å²) >= 11 is 6.22. The zero-order chi connectivity index (χ0) is 19.4. The van der Waals surface area contributed by atoms with Gasteiger partial charge in [-0.05, 0) is 23.8 Å². The minimum Gasteiger partial charge on any atom is -0.489 e. The molecule has 0 aromatic heterocycles. The summed E-state index contributed by atoms with van der Waals surface area (Å²) in [5.74, 6) is 0.513. The smallest absolute Gasteiger partial charge is 0.251 e. The summed E-state index contributed by atoms with van der Waals surface area (Å²) in [6.07, 6.45) is 1.80. The molecular formula is C18H19ClN2O5S. The van der Waals surface area contributed by atoms with Crippen LogP contribution in [0.15, 0.2) is 36.4 Å². The SMILES string of the molecule is CS(=O)(=O)Nc1ccccc1CNC(=O)c1cc(Cl)c2c(c1)OCCCO2. The van der Waals surface area contributed by atoms with Gasteiger partial charge in [-0.25, -0.2) is 8.42 Å². The van der Waals surface area contributed by atoms with Crippen molar-refractivity contribution < 1.29 is 22.7 Å². The van der Waals surface area contributed by atoms with Gasteiger partial charge in [-0.15, -0.1) is 0 Å². The molecule has 0 radical (unpaired) electrons. The maximum absolute atomic E-state index is 12.5.